The van der Waals surface area contributed by atoms with Gasteiger partial charge in [0.2, 0.25) is 0 Å². The van der Waals surface area contributed by atoms with Gasteiger partial charge in [-0.05, 0) is 24.7 Å². The summed E-state index contributed by atoms with van der Waals surface area (Å²) in [5.74, 6) is 1.36. The highest BCUT2D eigenvalue weighted by Gasteiger charge is 2.42. The molecule has 0 saturated heterocycles. The highest BCUT2D eigenvalue weighted by molar-refractivity contribution is 6.39. The molecule has 0 N–H and O–H groups in total. The van der Waals surface area contributed by atoms with Crippen LogP contribution in [-0.4, -0.2) is 7.28 Å². The molecule has 60 valence electrons. The molecule has 0 radical (unpaired) electrons. The van der Waals surface area contributed by atoms with Crippen molar-refractivity contribution in [1.82, 2.24) is 0 Å². The molecule has 1 aliphatic rings. The van der Waals surface area contributed by atoms with E-state index in [4.69, 9.17) is 5.26 Å². The fourth-order valence-corrected chi connectivity index (χ4v) is 2.46. The summed E-state index contributed by atoms with van der Waals surface area (Å²) in [7, 11) is 1.02. The molecule has 2 heteroatoms. The normalized spacial score (nSPS) is 43.5. The molecule has 1 nitrogen and oxygen atoms in total. The molecule has 0 aliphatic heterocycles. The molecule has 3 atom stereocenters. The summed E-state index contributed by atoms with van der Waals surface area (Å²) in [5.41, 5.74) is 0. The third-order valence-electron chi connectivity index (χ3n) is 3.27. The van der Waals surface area contributed by atoms with Crippen LogP contribution < -0.4 is 0 Å². The third kappa shape index (κ3) is 1.29. The van der Waals surface area contributed by atoms with Crippen LogP contribution in [0.1, 0.15) is 26.7 Å². The van der Waals surface area contributed by atoms with Crippen LogP contribution in [0.3, 0.4) is 0 Å². The van der Waals surface area contributed by atoms with Gasteiger partial charge in [-0.1, -0.05) is 20.7 Å². The predicted molar refractivity (Wildman–Crippen MR) is 48.9 cm³/mol. The molecule has 11 heavy (non-hydrogen) atoms. The van der Waals surface area contributed by atoms with E-state index in [0.717, 1.165) is 19.6 Å². The molecule has 0 aromatic carbocycles. The van der Waals surface area contributed by atoms with Crippen molar-refractivity contribution in [3.05, 3.63) is 0 Å². The standard InChI is InChI=1S/C9H16BN/c1-7-4-8(2)9(5-7,6-11)10-3/h7-8,10H,4-5H2,1-3H3. The van der Waals surface area contributed by atoms with Gasteiger partial charge in [0.25, 0.3) is 0 Å². The van der Waals surface area contributed by atoms with Gasteiger partial charge in [0.05, 0.1) is 6.07 Å². The summed E-state index contributed by atoms with van der Waals surface area (Å²) in [5, 5.41) is 9.07. The summed E-state index contributed by atoms with van der Waals surface area (Å²) in [6.45, 7) is 6.61. The lowest BCUT2D eigenvalue weighted by atomic mass is 9.50. The molecular weight excluding hydrogens is 133 g/mol. The second kappa shape index (κ2) is 2.89. The SMILES string of the molecule is CBC1(C#N)CC(C)CC1C. The highest BCUT2D eigenvalue weighted by atomic mass is 14.4. The van der Waals surface area contributed by atoms with E-state index < -0.39 is 0 Å². The van der Waals surface area contributed by atoms with E-state index in [1.165, 1.54) is 6.42 Å². The molecule has 0 heterocycles. The first-order chi connectivity index (χ1) is 5.14. The Bertz CT molecular complexity index is 184. The summed E-state index contributed by atoms with van der Waals surface area (Å²) >= 11 is 0. The summed E-state index contributed by atoms with van der Waals surface area (Å²) < 4.78 is 0. The predicted octanol–water partition coefficient (Wildman–Crippen LogP) is 2.22. The second-order valence-electron chi connectivity index (χ2n) is 4.07. The van der Waals surface area contributed by atoms with Crippen molar-refractivity contribution < 1.29 is 0 Å². The van der Waals surface area contributed by atoms with Gasteiger partial charge in [0, 0.05) is 5.31 Å². The summed E-state index contributed by atoms with van der Waals surface area (Å²) in [6.07, 6.45) is 2.35. The quantitative estimate of drug-likeness (QED) is 0.524. The average molecular weight is 149 g/mol. The maximum absolute atomic E-state index is 9.05. The molecular formula is C9H16BN. The summed E-state index contributed by atoms with van der Waals surface area (Å²) in [6, 6.07) is 2.51. The van der Waals surface area contributed by atoms with E-state index in [1.54, 1.807) is 0 Å². The topological polar surface area (TPSA) is 23.8 Å². The van der Waals surface area contributed by atoms with Crippen molar-refractivity contribution in [2.24, 2.45) is 11.8 Å². The number of hydrogen-bond acceptors (Lipinski definition) is 1. The number of rotatable bonds is 1. The van der Waals surface area contributed by atoms with Crippen molar-refractivity contribution in [2.75, 3.05) is 0 Å². The monoisotopic (exact) mass is 149 g/mol. The maximum Gasteiger partial charge on any atom is 0.143 e. The zero-order valence-electron chi connectivity index (χ0n) is 7.72. The Balaban J connectivity index is 2.78. The Labute approximate surface area is 70.0 Å². The van der Waals surface area contributed by atoms with Gasteiger partial charge in [0.1, 0.15) is 7.28 Å². The van der Waals surface area contributed by atoms with Crippen LogP contribution in [0.5, 0.6) is 0 Å². The van der Waals surface area contributed by atoms with Gasteiger partial charge in [-0.3, -0.25) is 0 Å². The van der Waals surface area contributed by atoms with Gasteiger partial charge in [0.15, 0.2) is 0 Å². The molecule has 3 unspecified atom stereocenters. The van der Waals surface area contributed by atoms with Crippen molar-refractivity contribution in [3.63, 3.8) is 0 Å². The van der Waals surface area contributed by atoms with Crippen molar-refractivity contribution in [1.29, 1.82) is 5.26 Å². The minimum Gasteiger partial charge on any atom is -0.199 e. The van der Waals surface area contributed by atoms with Gasteiger partial charge in [-0.25, -0.2) is 0 Å². The van der Waals surface area contributed by atoms with Gasteiger partial charge < -0.3 is 0 Å². The van der Waals surface area contributed by atoms with Gasteiger partial charge in [-0.15, -0.1) is 0 Å². The Morgan fingerprint density at radius 3 is 2.36 bits per heavy atom. The lowest BCUT2D eigenvalue weighted by molar-refractivity contribution is 0.522. The van der Waals surface area contributed by atoms with E-state index in [9.17, 15) is 0 Å². The first kappa shape index (κ1) is 8.65. The lowest BCUT2D eigenvalue weighted by Crippen LogP contribution is -2.19. The minimum absolute atomic E-state index is 0.0133. The van der Waals surface area contributed by atoms with E-state index in [2.05, 4.69) is 26.7 Å². The van der Waals surface area contributed by atoms with Crippen LogP contribution in [0.25, 0.3) is 0 Å². The van der Waals surface area contributed by atoms with Crippen LogP contribution in [0.15, 0.2) is 0 Å². The minimum atomic E-state index is 0.0133. The fraction of sp³-hybridized carbons (Fsp3) is 0.889. The maximum atomic E-state index is 9.05. The molecule has 0 amide bonds. The van der Waals surface area contributed by atoms with Crippen LogP contribution in [-0.2, 0) is 0 Å². The van der Waals surface area contributed by atoms with Crippen LogP contribution in [0, 0.1) is 23.2 Å². The van der Waals surface area contributed by atoms with Gasteiger partial charge in [-0.2, -0.15) is 5.26 Å². The van der Waals surface area contributed by atoms with Crippen LogP contribution in [0.2, 0.25) is 12.1 Å². The number of nitrogens with zero attached hydrogens (tertiary/aromatic N) is 1. The number of nitriles is 1. The molecule has 1 fully saturated rings. The van der Waals surface area contributed by atoms with Crippen LogP contribution >= 0.6 is 0 Å². The van der Waals surface area contributed by atoms with E-state index in [0.29, 0.717) is 5.92 Å². The first-order valence-electron chi connectivity index (χ1n) is 4.56. The molecule has 0 spiro atoms. The smallest absolute Gasteiger partial charge is 0.143 e. The Kier molecular flexibility index (Phi) is 2.27. The number of hydrogen-bond donors (Lipinski definition) is 0. The zero-order chi connectivity index (χ0) is 8.48. The highest BCUT2D eigenvalue weighted by Crippen LogP contribution is 2.50. The van der Waals surface area contributed by atoms with E-state index in [1.807, 2.05) is 0 Å². The van der Waals surface area contributed by atoms with Crippen molar-refractivity contribution >= 4 is 7.28 Å². The molecule has 1 saturated carbocycles. The van der Waals surface area contributed by atoms with Crippen LogP contribution in [0.4, 0.5) is 0 Å². The molecule has 1 aliphatic carbocycles. The molecule has 1 rings (SSSR count). The Morgan fingerprint density at radius 2 is 2.18 bits per heavy atom. The van der Waals surface area contributed by atoms with E-state index >= 15 is 0 Å². The third-order valence-corrected chi connectivity index (χ3v) is 3.27. The molecule has 0 bridgehead atoms. The van der Waals surface area contributed by atoms with Gasteiger partial charge >= 0.3 is 0 Å². The van der Waals surface area contributed by atoms with E-state index in [-0.39, 0.29) is 5.31 Å². The first-order valence-corrected chi connectivity index (χ1v) is 4.56. The second-order valence-corrected chi connectivity index (χ2v) is 4.07. The lowest BCUT2D eigenvalue weighted by Gasteiger charge is -2.22. The fourth-order valence-electron chi connectivity index (χ4n) is 2.46. The van der Waals surface area contributed by atoms with Crippen molar-refractivity contribution in [2.45, 2.75) is 38.8 Å². The summed E-state index contributed by atoms with van der Waals surface area (Å²) in [4.78, 5) is 0. The average Bonchev–Trinajstić information content (AvgIpc) is 2.27. The largest absolute Gasteiger partial charge is 0.199 e. The zero-order valence-corrected chi connectivity index (χ0v) is 7.72. The van der Waals surface area contributed by atoms with Crippen molar-refractivity contribution in [3.8, 4) is 6.07 Å². The Hall–Kier alpha value is -0.445. The Morgan fingerprint density at radius 1 is 1.55 bits per heavy atom. The molecule has 0 aromatic heterocycles. The molecule has 0 aromatic rings.